The lowest BCUT2D eigenvalue weighted by Gasteiger charge is -2.02. The van der Waals surface area contributed by atoms with E-state index in [1.54, 1.807) is 24.5 Å². The van der Waals surface area contributed by atoms with Crippen LogP contribution >= 0.6 is 11.3 Å². The SMILES string of the molecule is C=C/C(c1ccccc1)=c1/sc(NC(=C)c2cnc(C)o2)n/c1=C(/C)CC. The maximum absolute atomic E-state index is 5.54. The van der Waals surface area contributed by atoms with Gasteiger partial charge in [-0.15, -0.1) is 0 Å². The summed E-state index contributed by atoms with van der Waals surface area (Å²) in [6, 6.07) is 10.3. The van der Waals surface area contributed by atoms with Gasteiger partial charge in [-0.3, -0.25) is 0 Å². The predicted molar refractivity (Wildman–Crippen MR) is 114 cm³/mol. The molecule has 0 aliphatic rings. The normalized spacial score (nSPS) is 13.1. The van der Waals surface area contributed by atoms with Gasteiger partial charge >= 0.3 is 0 Å². The second-order valence-corrected chi connectivity index (χ2v) is 7.16. The van der Waals surface area contributed by atoms with E-state index in [9.17, 15) is 0 Å². The molecule has 1 N–H and O–H groups in total. The van der Waals surface area contributed by atoms with Crippen molar-refractivity contribution in [2.45, 2.75) is 27.2 Å². The molecule has 1 aromatic carbocycles. The Morgan fingerprint density at radius 3 is 2.63 bits per heavy atom. The summed E-state index contributed by atoms with van der Waals surface area (Å²) >= 11 is 1.59. The van der Waals surface area contributed by atoms with Crippen LogP contribution in [0.3, 0.4) is 0 Å². The van der Waals surface area contributed by atoms with Gasteiger partial charge in [0.1, 0.15) is 0 Å². The number of benzene rings is 1. The van der Waals surface area contributed by atoms with Crippen LogP contribution in [0.1, 0.15) is 37.5 Å². The second-order valence-electron chi connectivity index (χ2n) is 6.16. The zero-order chi connectivity index (χ0) is 19.4. The van der Waals surface area contributed by atoms with E-state index in [0.29, 0.717) is 17.3 Å². The largest absolute Gasteiger partial charge is 0.440 e. The van der Waals surface area contributed by atoms with Crippen LogP contribution in [0.2, 0.25) is 0 Å². The fraction of sp³-hybridized carbons (Fsp3) is 0.182. The molecule has 0 saturated heterocycles. The molecule has 0 aliphatic heterocycles. The molecule has 5 heteroatoms. The van der Waals surface area contributed by atoms with Crippen molar-refractivity contribution in [3.63, 3.8) is 0 Å². The number of oxazole rings is 1. The number of hydrogen-bond acceptors (Lipinski definition) is 5. The molecule has 0 fully saturated rings. The molecule has 0 amide bonds. The van der Waals surface area contributed by atoms with Gasteiger partial charge in [0.15, 0.2) is 16.8 Å². The highest BCUT2D eigenvalue weighted by Gasteiger charge is 2.11. The van der Waals surface area contributed by atoms with Gasteiger partial charge in [0.25, 0.3) is 0 Å². The molecule has 27 heavy (non-hydrogen) atoms. The Labute approximate surface area is 163 Å². The van der Waals surface area contributed by atoms with Gasteiger partial charge in [0.2, 0.25) is 0 Å². The van der Waals surface area contributed by atoms with E-state index in [1.165, 1.54) is 5.57 Å². The van der Waals surface area contributed by atoms with Crippen LogP contribution in [0.15, 0.2) is 60.2 Å². The Hall–Kier alpha value is -2.92. The van der Waals surface area contributed by atoms with Crippen molar-refractivity contribution >= 4 is 33.3 Å². The van der Waals surface area contributed by atoms with E-state index < -0.39 is 0 Å². The Bertz CT molecular complexity index is 1090. The number of anilines is 1. The monoisotopic (exact) mass is 377 g/mol. The lowest BCUT2D eigenvalue weighted by molar-refractivity contribution is 0.510. The number of rotatable bonds is 6. The van der Waals surface area contributed by atoms with Crippen LogP contribution in [-0.2, 0) is 0 Å². The summed E-state index contributed by atoms with van der Waals surface area (Å²) in [6.45, 7) is 14.1. The van der Waals surface area contributed by atoms with Crippen molar-refractivity contribution in [3.05, 3.63) is 82.9 Å². The Kier molecular flexibility index (Phi) is 5.72. The molecule has 138 valence electrons. The molecule has 0 bridgehead atoms. The Balaban J connectivity index is 2.13. The quantitative estimate of drug-likeness (QED) is 0.688. The fourth-order valence-electron chi connectivity index (χ4n) is 2.66. The first-order chi connectivity index (χ1) is 13.0. The standard InChI is InChI=1S/C22H23N3OS/c1-6-14(3)20-21(18(7-2)17-11-9-8-10-12-17)27-22(25-20)24-15(4)19-13-23-16(5)26-19/h7-13H,2,4,6H2,1,3,5H3,(H,24,25)/b20-14-,21-18-. The predicted octanol–water partition coefficient (Wildman–Crippen LogP) is 4.49. The Morgan fingerprint density at radius 2 is 2.04 bits per heavy atom. The summed E-state index contributed by atoms with van der Waals surface area (Å²) in [5.74, 6) is 1.22. The van der Waals surface area contributed by atoms with Gasteiger partial charge in [0, 0.05) is 12.5 Å². The van der Waals surface area contributed by atoms with Crippen LogP contribution in [0.4, 0.5) is 5.13 Å². The average Bonchev–Trinajstić information content (AvgIpc) is 3.29. The maximum Gasteiger partial charge on any atom is 0.191 e. The van der Waals surface area contributed by atoms with E-state index in [4.69, 9.17) is 9.40 Å². The van der Waals surface area contributed by atoms with Crippen molar-refractivity contribution in [2.75, 3.05) is 5.32 Å². The lowest BCUT2D eigenvalue weighted by Crippen LogP contribution is -2.25. The summed E-state index contributed by atoms with van der Waals surface area (Å²) in [7, 11) is 0. The number of aromatic nitrogens is 2. The van der Waals surface area contributed by atoms with Crippen LogP contribution in [0, 0.1) is 6.92 Å². The number of thiazole rings is 1. The molecule has 2 heterocycles. The zero-order valence-corrected chi connectivity index (χ0v) is 16.7. The molecule has 3 rings (SSSR count). The molecule has 0 spiro atoms. The van der Waals surface area contributed by atoms with Crippen molar-refractivity contribution in [2.24, 2.45) is 0 Å². The summed E-state index contributed by atoms with van der Waals surface area (Å²) in [5, 5.41) is 5.02. The van der Waals surface area contributed by atoms with Crippen molar-refractivity contribution in [3.8, 4) is 0 Å². The smallest absolute Gasteiger partial charge is 0.191 e. The number of nitrogens with zero attached hydrogens (tertiary/aromatic N) is 2. The summed E-state index contributed by atoms with van der Waals surface area (Å²) in [5.41, 5.74) is 4.06. The third-order valence-corrected chi connectivity index (χ3v) is 5.28. The van der Waals surface area contributed by atoms with Gasteiger partial charge in [-0.2, -0.15) is 0 Å². The second kappa shape index (κ2) is 8.18. The van der Waals surface area contributed by atoms with E-state index in [-0.39, 0.29) is 0 Å². The fourth-order valence-corrected chi connectivity index (χ4v) is 3.80. The number of hydrogen-bond donors (Lipinski definition) is 1. The number of nitrogens with one attached hydrogen (secondary N) is 1. The highest BCUT2D eigenvalue weighted by atomic mass is 32.1. The minimum absolute atomic E-state index is 0.606. The van der Waals surface area contributed by atoms with Crippen molar-refractivity contribution in [1.82, 2.24) is 9.97 Å². The zero-order valence-electron chi connectivity index (χ0n) is 15.9. The van der Waals surface area contributed by atoms with Gasteiger partial charge in [-0.05, 0) is 24.5 Å². The van der Waals surface area contributed by atoms with Gasteiger partial charge in [0.05, 0.1) is 21.8 Å². The molecule has 3 aromatic rings. The minimum Gasteiger partial charge on any atom is -0.440 e. The summed E-state index contributed by atoms with van der Waals surface area (Å²) in [4.78, 5) is 8.95. The first-order valence-electron chi connectivity index (χ1n) is 8.81. The van der Waals surface area contributed by atoms with E-state index in [0.717, 1.165) is 32.6 Å². The molecule has 0 aliphatic carbocycles. The molecule has 0 atom stereocenters. The van der Waals surface area contributed by atoms with Gasteiger partial charge in [-0.1, -0.05) is 67.8 Å². The molecule has 4 nitrogen and oxygen atoms in total. The van der Waals surface area contributed by atoms with E-state index >= 15 is 0 Å². The molecular weight excluding hydrogens is 354 g/mol. The van der Waals surface area contributed by atoms with Crippen molar-refractivity contribution in [1.29, 1.82) is 0 Å². The molecule has 0 saturated carbocycles. The highest BCUT2D eigenvalue weighted by Crippen LogP contribution is 2.19. The summed E-state index contributed by atoms with van der Waals surface area (Å²) < 4.78 is 6.64. The van der Waals surface area contributed by atoms with Crippen LogP contribution in [0.25, 0.3) is 16.8 Å². The van der Waals surface area contributed by atoms with E-state index in [2.05, 4.69) is 49.4 Å². The molecule has 2 aromatic heterocycles. The summed E-state index contributed by atoms with van der Waals surface area (Å²) in [6.07, 6.45) is 4.49. The molecular formula is C22H23N3OS. The maximum atomic E-state index is 5.54. The molecule has 0 radical (unpaired) electrons. The van der Waals surface area contributed by atoms with Crippen LogP contribution < -0.4 is 15.2 Å². The molecule has 0 unspecified atom stereocenters. The third kappa shape index (κ3) is 4.09. The first kappa shape index (κ1) is 18.9. The van der Waals surface area contributed by atoms with E-state index in [1.807, 2.05) is 24.3 Å². The first-order valence-corrected chi connectivity index (χ1v) is 9.62. The minimum atomic E-state index is 0.606. The van der Waals surface area contributed by atoms with Crippen molar-refractivity contribution < 1.29 is 4.42 Å². The number of aryl methyl sites for hydroxylation is 1. The lowest BCUT2D eigenvalue weighted by atomic mass is 10.1. The van der Waals surface area contributed by atoms with Crippen LogP contribution in [-0.4, -0.2) is 9.97 Å². The average molecular weight is 378 g/mol. The van der Waals surface area contributed by atoms with Gasteiger partial charge in [-0.25, -0.2) is 9.97 Å². The highest BCUT2D eigenvalue weighted by molar-refractivity contribution is 7.13. The topological polar surface area (TPSA) is 51.0 Å². The van der Waals surface area contributed by atoms with Crippen LogP contribution in [0.5, 0.6) is 0 Å². The Morgan fingerprint density at radius 1 is 1.30 bits per heavy atom. The van der Waals surface area contributed by atoms with Gasteiger partial charge < -0.3 is 9.73 Å². The third-order valence-electron chi connectivity index (χ3n) is 4.27. The number of allylic oxidation sites excluding steroid dienone is 1.